The van der Waals surface area contributed by atoms with Gasteiger partial charge in [0.15, 0.2) is 11.2 Å². The lowest BCUT2D eigenvalue weighted by atomic mass is 9.98. The summed E-state index contributed by atoms with van der Waals surface area (Å²) in [6.45, 7) is 2.11. The van der Waals surface area contributed by atoms with Gasteiger partial charge in [-0.05, 0) is 42.7 Å². The molecule has 0 bridgehead atoms. The molecule has 0 unspecified atom stereocenters. The highest BCUT2D eigenvalue weighted by molar-refractivity contribution is 7.22. The van der Waals surface area contributed by atoms with E-state index in [9.17, 15) is 9.59 Å². The van der Waals surface area contributed by atoms with Crippen molar-refractivity contribution in [2.75, 3.05) is 23.3 Å². The van der Waals surface area contributed by atoms with Crippen LogP contribution in [-0.2, 0) is 16.0 Å². The number of ether oxygens (including phenoxy) is 1. The lowest BCUT2D eigenvalue weighted by molar-refractivity contribution is -0.125. The van der Waals surface area contributed by atoms with Gasteiger partial charge in [0.05, 0.1) is 15.8 Å². The van der Waals surface area contributed by atoms with Crippen LogP contribution in [0.4, 0.5) is 10.8 Å². The molecular weight excluding hydrogens is 374 g/mol. The molecule has 1 N–H and O–H groups in total. The Hall–Kier alpha value is -2.93. The molecule has 1 atom stereocenters. The predicted octanol–water partition coefficient (Wildman–Crippen LogP) is 3.62. The van der Waals surface area contributed by atoms with Gasteiger partial charge in [0.25, 0.3) is 5.91 Å². The number of fused-ring (bicyclic) bond motifs is 2. The summed E-state index contributed by atoms with van der Waals surface area (Å²) in [6.07, 6.45) is 1.98. The van der Waals surface area contributed by atoms with Crippen LogP contribution in [-0.4, -0.2) is 36.1 Å². The molecule has 0 spiro atoms. The van der Waals surface area contributed by atoms with E-state index in [1.54, 1.807) is 23.5 Å². The number of hydrogen-bond acceptors (Lipinski definition) is 6. The Morgan fingerprint density at radius 2 is 2.00 bits per heavy atom. The van der Waals surface area contributed by atoms with E-state index in [1.807, 2.05) is 30.3 Å². The minimum absolute atomic E-state index is 0.313. The van der Waals surface area contributed by atoms with Gasteiger partial charge in [-0.3, -0.25) is 4.79 Å². The number of thiazole rings is 1. The summed E-state index contributed by atoms with van der Waals surface area (Å²) in [4.78, 5) is 31.8. The molecule has 2 aromatic carbocycles. The molecule has 3 aromatic rings. The highest BCUT2D eigenvalue weighted by Gasteiger charge is 2.31. The normalized spacial score (nSPS) is 18.8. The van der Waals surface area contributed by atoms with Gasteiger partial charge in [-0.1, -0.05) is 29.5 Å². The van der Waals surface area contributed by atoms with Gasteiger partial charge in [0.2, 0.25) is 0 Å². The van der Waals surface area contributed by atoms with Crippen molar-refractivity contribution in [3.05, 3.63) is 53.6 Å². The zero-order valence-electron chi connectivity index (χ0n) is 15.2. The van der Waals surface area contributed by atoms with Gasteiger partial charge in [-0.2, -0.15) is 0 Å². The summed E-state index contributed by atoms with van der Waals surface area (Å²) in [6, 6.07) is 12.9. The molecule has 5 rings (SSSR count). The van der Waals surface area contributed by atoms with Crippen LogP contribution in [0.3, 0.4) is 0 Å². The van der Waals surface area contributed by atoms with Gasteiger partial charge in [0.1, 0.15) is 0 Å². The number of cyclic esters (lactones) is 1. The SMILES string of the molecule is O=C1O[C@H](C(=O)Nc2ccc3nc(N4CCCC4)sc3c2)Cc2ccccc21. The van der Waals surface area contributed by atoms with Crippen molar-refractivity contribution in [2.24, 2.45) is 0 Å². The Morgan fingerprint density at radius 3 is 2.86 bits per heavy atom. The lowest BCUT2D eigenvalue weighted by Gasteiger charge is -2.23. The van der Waals surface area contributed by atoms with Crippen molar-refractivity contribution in [1.82, 2.24) is 4.98 Å². The summed E-state index contributed by atoms with van der Waals surface area (Å²) in [7, 11) is 0. The Labute approximate surface area is 166 Å². The molecule has 3 heterocycles. The highest BCUT2D eigenvalue weighted by Crippen LogP contribution is 2.32. The highest BCUT2D eigenvalue weighted by atomic mass is 32.1. The summed E-state index contributed by atoms with van der Waals surface area (Å²) >= 11 is 1.64. The standard InChI is InChI=1S/C21H19N3O3S/c25-19(17-11-13-5-1-2-6-15(13)20(26)27-17)22-14-7-8-16-18(12-14)28-21(23-16)24-9-3-4-10-24/h1-2,5-8,12,17H,3-4,9-11H2,(H,22,25)/t17-/m0/s1. The average Bonchev–Trinajstić information content (AvgIpc) is 3.37. The van der Waals surface area contributed by atoms with Crippen molar-refractivity contribution >= 4 is 44.2 Å². The van der Waals surface area contributed by atoms with Gasteiger partial charge < -0.3 is 15.0 Å². The summed E-state index contributed by atoms with van der Waals surface area (Å²) < 4.78 is 6.37. The van der Waals surface area contributed by atoms with Crippen LogP contribution in [0.15, 0.2) is 42.5 Å². The average molecular weight is 393 g/mol. The zero-order chi connectivity index (χ0) is 19.1. The minimum atomic E-state index is -0.820. The number of amides is 1. The quantitative estimate of drug-likeness (QED) is 0.688. The number of nitrogens with zero attached hydrogens (tertiary/aromatic N) is 2. The number of benzene rings is 2. The molecule has 0 saturated carbocycles. The van der Waals surface area contributed by atoms with Crippen LogP contribution in [0.2, 0.25) is 0 Å². The zero-order valence-corrected chi connectivity index (χ0v) is 16.0. The number of esters is 1. The number of hydrogen-bond donors (Lipinski definition) is 1. The van der Waals surface area contributed by atoms with Crippen LogP contribution >= 0.6 is 11.3 Å². The molecule has 142 valence electrons. The fraction of sp³-hybridized carbons (Fsp3) is 0.286. The van der Waals surface area contributed by atoms with E-state index >= 15 is 0 Å². The molecule has 7 heteroatoms. The third kappa shape index (κ3) is 3.11. The first-order chi connectivity index (χ1) is 13.7. The molecule has 2 aliphatic rings. The second-order valence-electron chi connectivity index (χ2n) is 7.12. The third-order valence-electron chi connectivity index (χ3n) is 5.21. The summed E-state index contributed by atoms with van der Waals surface area (Å²) in [5, 5.41) is 3.92. The molecular formula is C21H19N3O3S. The topological polar surface area (TPSA) is 71.5 Å². The summed E-state index contributed by atoms with van der Waals surface area (Å²) in [5.74, 6) is -0.762. The first-order valence-electron chi connectivity index (χ1n) is 9.43. The van der Waals surface area contributed by atoms with Crippen LogP contribution in [0.25, 0.3) is 10.2 Å². The van der Waals surface area contributed by atoms with Crippen molar-refractivity contribution in [2.45, 2.75) is 25.4 Å². The van der Waals surface area contributed by atoms with Gasteiger partial charge in [-0.15, -0.1) is 0 Å². The van der Waals surface area contributed by atoms with Crippen molar-refractivity contribution in [3.8, 4) is 0 Å². The maximum Gasteiger partial charge on any atom is 0.339 e. The number of anilines is 2. The molecule has 1 aromatic heterocycles. The van der Waals surface area contributed by atoms with Crippen molar-refractivity contribution in [1.29, 1.82) is 0 Å². The smallest absolute Gasteiger partial charge is 0.339 e. The van der Waals surface area contributed by atoms with Gasteiger partial charge >= 0.3 is 5.97 Å². The van der Waals surface area contributed by atoms with Crippen LogP contribution in [0.1, 0.15) is 28.8 Å². The van der Waals surface area contributed by atoms with E-state index in [-0.39, 0.29) is 5.91 Å². The fourth-order valence-electron chi connectivity index (χ4n) is 3.73. The molecule has 0 aliphatic carbocycles. The molecule has 28 heavy (non-hydrogen) atoms. The van der Waals surface area contributed by atoms with E-state index in [2.05, 4.69) is 10.2 Å². The molecule has 1 fully saturated rings. The van der Waals surface area contributed by atoms with Crippen molar-refractivity contribution < 1.29 is 14.3 Å². The van der Waals surface area contributed by atoms with E-state index < -0.39 is 12.1 Å². The molecule has 0 radical (unpaired) electrons. The molecule has 1 saturated heterocycles. The maximum absolute atomic E-state index is 12.7. The molecule has 2 aliphatic heterocycles. The lowest BCUT2D eigenvalue weighted by Crippen LogP contribution is -2.37. The van der Waals surface area contributed by atoms with Gasteiger partial charge in [0, 0.05) is 25.2 Å². The van der Waals surface area contributed by atoms with Crippen molar-refractivity contribution in [3.63, 3.8) is 0 Å². The fourth-order valence-corrected chi connectivity index (χ4v) is 4.79. The van der Waals surface area contributed by atoms with Gasteiger partial charge in [-0.25, -0.2) is 9.78 Å². The monoisotopic (exact) mass is 393 g/mol. The van der Waals surface area contributed by atoms with E-state index in [0.29, 0.717) is 17.7 Å². The molecule has 1 amide bonds. The van der Waals surface area contributed by atoms with E-state index in [4.69, 9.17) is 9.72 Å². The summed E-state index contributed by atoms with van der Waals surface area (Å²) in [5.41, 5.74) is 2.99. The largest absolute Gasteiger partial charge is 0.448 e. The van der Waals surface area contributed by atoms with Crippen LogP contribution < -0.4 is 10.2 Å². The second kappa shape index (κ2) is 6.91. The van der Waals surface area contributed by atoms with E-state index in [0.717, 1.165) is 34.0 Å². The minimum Gasteiger partial charge on any atom is -0.448 e. The predicted molar refractivity (Wildman–Crippen MR) is 109 cm³/mol. The van der Waals surface area contributed by atoms with Crippen LogP contribution in [0.5, 0.6) is 0 Å². The third-order valence-corrected chi connectivity index (χ3v) is 6.28. The number of carbonyl (C=O) groups excluding carboxylic acids is 2. The Balaban J connectivity index is 1.33. The number of rotatable bonds is 3. The Bertz CT molecular complexity index is 1070. The van der Waals surface area contributed by atoms with Crippen LogP contribution in [0, 0.1) is 0 Å². The number of nitrogens with one attached hydrogen (secondary N) is 1. The second-order valence-corrected chi connectivity index (χ2v) is 8.13. The van der Waals surface area contributed by atoms with E-state index in [1.165, 1.54) is 12.8 Å². The molecule has 6 nitrogen and oxygen atoms in total. The Morgan fingerprint density at radius 1 is 1.18 bits per heavy atom. The Kier molecular flexibility index (Phi) is 4.24. The maximum atomic E-state index is 12.7. The first kappa shape index (κ1) is 17.2. The number of carbonyl (C=O) groups is 2. The number of aromatic nitrogens is 1. The first-order valence-corrected chi connectivity index (χ1v) is 10.2.